The zero-order chi connectivity index (χ0) is 25.8. The molecule has 4 aromatic rings. The van der Waals surface area contributed by atoms with Gasteiger partial charge in [-0.15, -0.1) is 0 Å². The van der Waals surface area contributed by atoms with Gasteiger partial charge in [0.2, 0.25) is 0 Å². The van der Waals surface area contributed by atoms with E-state index in [1.807, 2.05) is 24.3 Å². The van der Waals surface area contributed by atoms with Crippen molar-refractivity contribution in [2.75, 3.05) is 6.61 Å². The number of carboxylic acids is 1. The number of nitriles is 1. The summed E-state index contributed by atoms with van der Waals surface area (Å²) in [7, 11) is 0. The average molecular weight is 485 g/mol. The largest absolute Gasteiger partial charge is 0.493 e. The van der Waals surface area contributed by atoms with E-state index in [4.69, 9.17) is 9.47 Å². The third-order valence-electron chi connectivity index (χ3n) is 6.42. The molecule has 3 aromatic carbocycles. The summed E-state index contributed by atoms with van der Waals surface area (Å²) >= 11 is 0. The van der Waals surface area contributed by atoms with Crippen LogP contribution < -0.4 is 4.74 Å². The van der Waals surface area contributed by atoms with E-state index in [-0.39, 0.29) is 10.9 Å². The minimum atomic E-state index is -1.31. The number of pyridine rings is 1. The third kappa shape index (κ3) is 3.84. The molecule has 0 aliphatic carbocycles. The number of ether oxygens (including phenoxy) is 2. The molecule has 1 aliphatic heterocycles. The van der Waals surface area contributed by atoms with Crippen LogP contribution in [0.4, 0.5) is 4.39 Å². The van der Waals surface area contributed by atoms with E-state index in [2.05, 4.69) is 4.98 Å². The average Bonchev–Trinajstić information content (AvgIpc) is 2.83. The second-order valence-electron chi connectivity index (χ2n) is 9.97. The van der Waals surface area contributed by atoms with Crippen molar-refractivity contribution >= 4 is 27.6 Å². The molecule has 0 radical (unpaired) electrons. The van der Waals surface area contributed by atoms with Crippen molar-refractivity contribution in [1.29, 1.82) is 5.26 Å². The maximum Gasteiger partial charge on any atom is 0.337 e. The van der Waals surface area contributed by atoms with Gasteiger partial charge in [-0.25, -0.2) is 9.18 Å². The van der Waals surface area contributed by atoms with E-state index in [1.54, 1.807) is 46.0 Å². The van der Waals surface area contributed by atoms with Gasteiger partial charge in [0.15, 0.2) is 6.10 Å². The van der Waals surface area contributed by atoms with E-state index >= 15 is 4.39 Å². The maximum atomic E-state index is 15.4. The van der Waals surface area contributed by atoms with Crippen molar-refractivity contribution < 1.29 is 23.8 Å². The van der Waals surface area contributed by atoms with Gasteiger partial charge < -0.3 is 14.6 Å². The highest BCUT2D eigenvalue weighted by molar-refractivity contribution is 6.09. The molecule has 0 bridgehead atoms. The SMILES string of the molecule is Cc1cc2c(F)c(C#N)ccc2c(-c2ccc3c4c(ccnc24)CCO3)c1[C@@H](OC(C)(C)C)C(=O)O. The van der Waals surface area contributed by atoms with Gasteiger partial charge in [-0.3, -0.25) is 4.98 Å². The Morgan fingerprint density at radius 3 is 2.69 bits per heavy atom. The third-order valence-corrected chi connectivity index (χ3v) is 6.42. The van der Waals surface area contributed by atoms with Crippen LogP contribution in [-0.2, 0) is 16.0 Å². The monoisotopic (exact) mass is 484 g/mol. The molecule has 1 aliphatic rings. The Hall–Kier alpha value is -4.02. The fourth-order valence-corrected chi connectivity index (χ4v) is 4.99. The number of aromatic nitrogens is 1. The summed E-state index contributed by atoms with van der Waals surface area (Å²) in [5.74, 6) is -1.09. The quantitative estimate of drug-likeness (QED) is 0.368. The predicted molar refractivity (Wildman–Crippen MR) is 135 cm³/mol. The number of carboxylic acid groups (broad SMARTS) is 1. The molecular formula is C29H25FN2O4. The number of rotatable bonds is 4. The van der Waals surface area contributed by atoms with Crippen LogP contribution in [0.1, 0.15) is 49.1 Å². The fraction of sp³-hybridized carbons (Fsp3) is 0.276. The molecule has 182 valence electrons. The Balaban J connectivity index is 1.95. The molecule has 1 atom stereocenters. The molecule has 0 saturated carbocycles. The van der Waals surface area contributed by atoms with Crippen LogP contribution in [0.5, 0.6) is 5.75 Å². The molecule has 1 aromatic heterocycles. The lowest BCUT2D eigenvalue weighted by molar-refractivity contribution is -0.160. The van der Waals surface area contributed by atoms with E-state index in [1.165, 1.54) is 6.07 Å². The summed E-state index contributed by atoms with van der Waals surface area (Å²) in [5.41, 5.74) is 3.02. The van der Waals surface area contributed by atoms with Crippen LogP contribution >= 0.6 is 0 Å². The van der Waals surface area contributed by atoms with Gasteiger partial charge >= 0.3 is 5.97 Å². The van der Waals surface area contributed by atoms with Gasteiger partial charge in [-0.1, -0.05) is 6.07 Å². The van der Waals surface area contributed by atoms with Crippen molar-refractivity contribution in [1.82, 2.24) is 4.98 Å². The first-order valence-corrected chi connectivity index (χ1v) is 11.7. The van der Waals surface area contributed by atoms with Crippen molar-refractivity contribution in [2.24, 2.45) is 0 Å². The topological polar surface area (TPSA) is 92.4 Å². The van der Waals surface area contributed by atoms with Gasteiger partial charge in [0.25, 0.3) is 0 Å². The van der Waals surface area contributed by atoms with Gasteiger partial charge in [0.1, 0.15) is 17.6 Å². The molecule has 0 fully saturated rings. The second kappa shape index (κ2) is 8.58. The summed E-state index contributed by atoms with van der Waals surface area (Å²) in [6.07, 6.45) is 1.13. The molecule has 0 amide bonds. The number of aliphatic carboxylic acids is 1. The summed E-state index contributed by atoms with van der Waals surface area (Å²) in [6, 6.07) is 12.2. The fourth-order valence-electron chi connectivity index (χ4n) is 4.99. The number of aryl methyl sites for hydroxylation is 1. The Kier molecular flexibility index (Phi) is 5.65. The van der Waals surface area contributed by atoms with E-state index < -0.39 is 23.5 Å². The highest BCUT2D eigenvalue weighted by Crippen LogP contribution is 2.45. The number of hydrogen-bond acceptors (Lipinski definition) is 5. The highest BCUT2D eigenvalue weighted by atomic mass is 19.1. The molecule has 1 N–H and O–H groups in total. The van der Waals surface area contributed by atoms with E-state index in [0.29, 0.717) is 45.5 Å². The van der Waals surface area contributed by atoms with Crippen molar-refractivity contribution in [3.63, 3.8) is 0 Å². The predicted octanol–water partition coefficient (Wildman–Crippen LogP) is 6.25. The first-order chi connectivity index (χ1) is 17.1. The van der Waals surface area contributed by atoms with Crippen LogP contribution in [0.3, 0.4) is 0 Å². The summed E-state index contributed by atoms with van der Waals surface area (Å²) < 4.78 is 27.3. The van der Waals surface area contributed by atoms with E-state index in [0.717, 1.165) is 17.4 Å². The van der Waals surface area contributed by atoms with Gasteiger partial charge in [0.05, 0.1) is 23.3 Å². The Morgan fingerprint density at radius 2 is 2.00 bits per heavy atom. The Labute approximate surface area is 207 Å². The number of hydrogen-bond donors (Lipinski definition) is 1. The summed E-state index contributed by atoms with van der Waals surface area (Å²) in [5, 5.41) is 21.2. The van der Waals surface area contributed by atoms with Gasteiger partial charge in [-0.2, -0.15) is 5.26 Å². The standard InChI is InChI=1S/C29H25FN2O4/c1-15-13-20-18(6-5-17(14-31)25(20)30)24(22(15)27(28(33)34)36-29(2,3)4)19-7-8-21-23-16(10-12-35-21)9-11-32-26(19)23/h5-9,11,13,27H,10,12H2,1-4H3,(H,33,34)/t27-/m1/s1. The Bertz CT molecular complexity index is 1590. The number of halogens is 1. The molecule has 0 unspecified atom stereocenters. The molecular weight excluding hydrogens is 459 g/mol. The van der Waals surface area contributed by atoms with Crippen LogP contribution in [0.15, 0.2) is 42.6 Å². The van der Waals surface area contributed by atoms with Gasteiger partial charge in [0, 0.05) is 34.5 Å². The maximum absolute atomic E-state index is 15.4. The minimum Gasteiger partial charge on any atom is -0.493 e. The number of fused-ring (bicyclic) bond motifs is 1. The molecule has 2 heterocycles. The van der Waals surface area contributed by atoms with E-state index in [9.17, 15) is 15.2 Å². The summed E-state index contributed by atoms with van der Waals surface area (Å²) in [6.45, 7) is 7.67. The van der Waals surface area contributed by atoms with Crippen molar-refractivity contribution in [2.45, 2.75) is 45.8 Å². The van der Waals surface area contributed by atoms with Crippen LogP contribution in [-0.4, -0.2) is 28.3 Å². The number of benzene rings is 3. The summed E-state index contributed by atoms with van der Waals surface area (Å²) in [4.78, 5) is 17.2. The molecule has 6 nitrogen and oxygen atoms in total. The molecule has 0 saturated heterocycles. The molecule has 7 heteroatoms. The normalized spacial score (nSPS) is 13.9. The zero-order valence-electron chi connectivity index (χ0n) is 20.5. The lowest BCUT2D eigenvalue weighted by Gasteiger charge is -2.29. The zero-order valence-corrected chi connectivity index (χ0v) is 20.5. The second-order valence-corrected chi connectivity index (χ2v) is 9.97. The number of nitrogens with zero attached hydrogens (tertiary/aromatic N) is 2. The first-order valence-electron chi connectivity index (χ1n) is 11.7. The molecule has 0 spiro atoms. The van der Waals surface area contributed by atoms with Crippen LogP contribution in [0, 0.1) is 24.1 Å². The lowest BCUT2D eigenvalue weighted by atomic mass is 9.85. The lowest BCUT2D eigenvalue weighted by Crippen LogP contribution is -2.28. The van der Waals surface area contributed by atoms with Crippen molar-refractivity contribution in [3.8, 4) is 22.9 Å². The molecule has 5 rings (SSSR count). The first kappa shape index (κ1) is 23.7. The molecule has 36 heavy (non-hydrogen) atoms. The number of carbonyl (C=O) groups is 1. The Morgan fingerprint density at radius 1 is 1.22 bits per heavy atom. The van der Waals surface area contributed by atoms with Crippen LogP contribution in [0.2, 0.25) is 0 Å². The van der Waals surface area contributed by atoms with Crippen molar-refractivity contribution in [3.05, 3.63) is 70.7 Å². The van der Waals surface area contributed by atoms with Gasteiger partial charge in [-0.05, 0) is 80.1 Å². The highest BCUT2D eigenvalue weighted by Gasteiger charge is 2.33. The smallest absolute Gasteiger partial charge is 0.337 e. The minimum absolute atomic E-state index is 0.0789. The van der Waals surface area contributed by atoms with Crippen LogP contribution in [0.25, 0.3) is 32.8 Å².